The molecule has 1 spiro atoms. The first-order valence-electron chi connectivity index (χ1n) is 7.31. The largest absolute Gasteiger partial charge is 0.383 e. The van der Waals surface area contributed by atoms with Crippen molar-refractivity contribution in [2.75, 3.05) is 36.1 Å². The van der Waals surface area contributed by atoms with Gasteiger partial charge in [0.1, 0.15) is 12.0 Å². The van der Waals surface area contributed by atoms with E-state index in [-0.39, 0.29) is 0 Å². The van der Waals surface area contributed by atoms with E-state index >= 15 is 0 Å². The summed E-state index contributed by atoms with van der Waals surface area (Å²) >= 11 is 8.34. The summed E-state index contributed by atoms with van der Waals surface area (Å²) < 4.78 is 0.430. The summed E-state index contributed by atoms with van der Waals surface area (Å²) in [5, 5.41) is 3.65. The monoisotopic (exact) mass is 312 g/mol. The second kappa shape index (κ2) is 5.98. The summed E-state index contributed by atoms with van der Waals surface area (Å²) in [7, 11) is 1.88. The standard InChI is InChI=1S/C14H21ClN4S/c1-16-11-12(15)17-10-18-13(11)19-7-8-20-14(9-19)5-3-2-4-6-14/h10,16H,2-9H2,1H3. The summed E-state index contributed by atoms with van der Waals surface area (Å²) in [6.07, 6.45) is 8.36. The van der Waals surface area contributed by atoms with E-state index in [4.69, 9.17) is 11.6 Å². The van der Waals surface area contributed by atoms with Gasteiger partial charge in [0.2, 0.25) is 0 Å². The predicted octanol–water partition coefficient (Wildman–Crippen LogP) is 3.43. The second-order valence-electron chi connectivity index (χ2n) is 5.63. The van der Waals surface area contributed by atoms with Crippen molar-refractivity contribution < 1.29 is 0 Å². The molecule has 0 amide bonds. The van der Waals surface area contributed by atoms with Crippen LogP contribution in [0.1, 0.15) is 32.1 Å². The lowest BCUT2D eigenvalue weighted by Gasteiger charge is -2.45. The third kappa shape index (κ3) is 2.70. The van der Waals surface area contributed by atoms with Gasteiger partial charge in [-0.05, 0) is 12.8 Å². The normalized spacial score (nSPS) is 22.0. The van der Waals surface area contributed by atoms with E-state index < -0.39 is 0 Å². The third-order valence-electron chi connectivity index (χ3n) is 4.34. The van der Waals surface area contributed by atoms with Crippen LogP contribution in [0.25, 0.3) is 0 Å². The predicted molar refractivity (Wildman–Crippen MR) is 87.1 cm³/mol. The van der Waals surface area contributed by atoms with Gasteiger partial charge in [-0.3, -0.25) is 0 Å². The lowest BCUT2D eigenvalue weighted by Crippen LogP contribution is -2.48. The van der Waals surface area contributed by atoms with Crippen LogP contribution < -0.4 is 10.2 Å². The highest BCUT2D eigenvalue weighted by Crippen LogP contribution is 2.44. The average Bonchev–Trinajstić information content (AvgIpc) is 2.48. The van der Waals surface area contributed by atoms with Crippen LogP contribution in [-0.2, 0) is 0 Å². The topological polar surface area (TPSA) is 41.1 Å². The Bertz CT molecular complexity index is 471. The molecule has 6 heteroatoms. The van der Waals surface area contributed by atoms with Gasteiger partial charge in [0.25, 0.3) is 0 Å². The first kappa shape index (κ1) is 14.3. The van der Waals surface area contributed by atoms with Gasteiger partial charge in [-0.15, -0.1) is 0 Å². The molecule has 0 radical (unpaired) electrons. The molecule has 2 fully saturated rings. The molecule has 2 heterocycles. The Morgan fingerprint density at radius 1 is 1.30 bits per heavy atom. The van der Waals surface area contributed by atoms with Gasteiger partial charge in [0.05, 0.1) is 0 Å². The van der Waals surface area contributed by atoms with E-state index in [9.17, 15) is 0 Å². The molecule has 110 valence electrons. The fourth-order valence-electron chi connectivity index (χ4n) is 3.33. The molecule has 20 heavy (non-hydrogen) atoms. The fraction of sp³-hybridized carbons (Fsp3) is 0.714. The van der Waals surface area contributed by atoms with Crippen molar-refractivity contribution in [1.82, 2.24) is 9.97 Å². The van der Waals surface area contributed by atoms with E-state index in [1.807, 2.05) is 7.05 Å². The van der Waals surface area contributed by atoms with E-state index in [1.54, 1.807) is 6.33 Å². The molecule has 1 saturated heterocycles. The molecule has 1 aliphatic heterocycles. The lowest BCUT2D eigenvalue weighted by atomic mass is 9.87. The SMILES string of the molecule is CNc1c(Cl)ncnc1N1CCSC2(CCCCC2)C1. The van der Waals surface area contributed by atoms with Gasteiger partial charge in [-0.1, -0.05) is 30.9 Å². The molecule has 1 aromatic rings. The second-order valence-corrected chi connectivity index (χ2v) is 7.55. The maximum Gasteiger partial charge on any atom is 0.157 e. The van der Waals surface area contributed by atoms with Crippen molar-refractivity contribution in [3.05, 3.63) is 11.5 Å². The molecule has 0 atom stereocenters. The number of rotatable bonds is 2. The first-order chi connectivity index (χ1) is 9.74. The van der Waals surface area contributed by atoms with Gasteiger partial charge in [0, 0.05) is 30.6 Å². The molecule has 3 rings (SSSR count). The van der Waals surface area contributed by atoms with Crippen LogP contribution in [0.15, 0.2) is 6.33 Å². The molecule has 0 unspecified atom stereocenters. The van der Waals surface area contributed by atoms with Crippen molar-refractivity contribution in [3.8, 4) is 0 Å². The number of anilines is 2. The summed E-state index contributed by atoms with van der Waals surface area (Å²) in [6, 6.07) is 0. The number of hydrogen-bond acceptors (Lipinski definition) is 5. The van der Waals surface area contributed by atoms with Gasteiger partial charge in [0.15, 0.2) is 11.0 Å². The van der Waals surface area contributed by atoms with Gasteiger partial charge < -0.3 is 10.2 Å². The Hall–Kier alpha value is -0.680. The zero-order valence-electron chi connectivity index (χ0n) is 11.9. The highest BCUT2D eigenvalue weighted by Gasteiger charge is 2.38. The van der Waals surface area contributed by atoms with Gasteiger partial charge in [-0.25, -0.2) is 9.97 Å². The van der Waals surface area contributed by atoms with Gasteiger partial charge >= 0.3 is 0 Å². The van der Waals surface area contributed by atoms with Crippen LogP contribution in [0.4, 0.5) is 11.5 Å². The van der Waals surface area contributed by atoms with E-state index in [1.165, 1.54) is 37.9 Å². The minimum atomic E-state index is 0.430. The number of hydrogen-bond donors (Lipinski definition) is 1. The van der Waals surface area contributed by atoms with Crippen LogP contribution in [-0.4, -0.2) is 40.6 Å². The molecule has 0 aromatic carbocycles. The molecule has 1 N–H and O–H groups in total. The van der Waals surface area contributed by atoms with Crippen molar-refractivity contribution in [3.63, 3.8) is 0 Å². The Labute approximate surface area is 129 Å². The lowest BCUT2D eigenvalue weighted by molar-refractivity contribution is 0.390. The fourth-order valence-corrected chi connectivity index (χ4v) is 5.13. The van der Waals surface area contributed by atoms with E-state index in [0.717, 1.165) is 24.6 Å². The summed E-state index contributed by atoms with van der Waals surface area (Å²) in [4.78, 5) is 10.9. The van der Waals surface area contributed by atoms with Crippen molar-refractivity contribution in [2.24, 2.45) is 0 Å². The molecular formula is C14H21ClN4S. The number of nitrogens with zero attached hydrogens (tertiary/aromatic N) is 3. The van der Waals surface area contributed by atoms with Gasteiger partial charge in [-0.2, -0.15) is 11.8 Å². The van der Waals surface area contributed by atoms with Crippen molar-refractivity contribution in [2.45, 2.75) is 36.9 Å². The van der Waals surface area contributed by atoms with Crippen LogP contribution in [0, 0.1) is 0 Å². The quantitative estimate of drug-likeness (QED) is 0.847. The number of halogens is 1. The Kier molecular flexibility index (Phi) is 4.26. The molecular weight excluding hydrogens is 292 g/mol. The minimum absolute atomic E-state index is 0.430. The highest BCUT2D eigenvalue weighted by molar-refractivity contribution is 8.00. The molecule has 4 nitrogen and oxygen atoms in total. The molecule has 1 aromatic heterocycles. The molecule has 1 aliphatic carbocycles. The highest BCUT2D eigenvalue weighted by atomic mass is 35.5. The maximum atomic E-state index is 6.18. The zero-order chi connectivity index (χ0) is 14.0. The van der Waals surface area contributed by atoms with Crippen molar-refractivity contribution in [1.29, 1.82) is 0 Å². The number of thioether (sulfide) groups is 1. The van der Waals surface area contributed by atoms with E-state index in [0.29, 0.717) is 9.90 Å². The summed E-state index contributed by atoms with van der Waals surface area (Å²) in [5.41, 5.74) is 0.854. The first-order valence-corrected chi connectivity index (χ1v) is 8.68. The average molecular weight is 313 g/mol. The molecule has 0 bridgehead atoms. The third-order valence-corrected chi connectivity index (χ3v) is 6.17. The van der Waals surface area contributed by atoms with Crippen LogP contribution in [0.3, 0.4) is 0 Å². The maximum absolute atomic E-state index is 6.18. The minimum Gasteiger partial charge on any atom is -0.383 e. The van der Waals surface area contributed by atoms with E-state index in [2.05, 4.69) is 31.9 Å². The van der Waals surface area contributed by atoms with Crippen LogP contribution >= 0.6 is 23.4 Å². The van der Waals surface area contributed by atoms with Crippen LogP contribution in [0.5, 0.6) is 0 Å². The Balaban J connectivity index is 1.85. The number of nitrogens with one attached hydrogen (secondary N) is 1. The van der Waals surface area contributed by atoms with Crippen molar-refractivity contribution >= 4 is 34.9 Å². The number of aromatic nitrogens is 2. The Morgan fingerprint density at radius 3 is 2.85 bits per heavy atom. The molecule has 1 saturated carbocycles. The van der Waals surface area contributed by atoms with Crippen LogP contribution in [0.2, 0.25) is 5.15 Å². The zero-order valence-corrected chi connectivity index (χ0v) is 13.4. The summed E-state index contributed by atoms with van der Waals surface area (Å²) in [6.45, 7) is 2.12. The Morgan fingerprint density at radius 2 is 2.10 bits per heavy atom. The smallest absolute Gasteiger partial charge is 0.157 e. The summed E-state index contributed by atoms with van der Waals surface area (Å²) in [5.74, 6) is 2.13. The molecule has 2 aliphatic rings.